The minimum absolute atomic E-state index is 0.131. The maximum absolute atomic E-state index is 10.9. The average Bonchev–Trinajstić information content (AvgIpc) is 2.42. The summed E-state index contributed by atoms with van der Waals surface area (Å²) in [7, 11) is 0. The molecular weight excluding hydrogens is 388 g/mol. The number of aromatic nitrogens is 1. The smallest absolute Gasteiger partial charge is 0.306 e. The molecule has 1 aliphatic carbocycles. The molecule has 1 aromatic rings. The van der Waals surface area contributed by atoms with Crippen molar-refractivity contribution in [2.75, 3.05) is 6.54 Å². The summed E-state index contributed by atoms with van der Waals surface area (Å²) in [5.41, 5.74) is 0.993. The van der Waals surface area contributed by atoms with E-state index in [-0.39, 0.29) is 5.92 Å². The number of hydrogen-bond acceptors (Lipinski definition) is 3. The van der Waals surface area contributed by atoms with Crippen LogP contribution in [-0.4, -0.2) is 22.6 Å². The molecule has 4 nitrogen and oxygen atoms in total. The van der Waals surface area contributed by atoms with Gasteiger partial charge >= 0.3 is 5.97 Å². The zero-order valence-corrected chi connectivity index (χ0v) is 14.3. The van der Waals surface area contributed by atoms with Gasteiger partial charge in [-0.2, -0.15) is 0 Å². The Morgan fingerprint density at radius 3 is 2.65 bits per heavy atom. The van der Waals surface area contributed by atoms with E-state index in [4.69, 9.17) is 5.11 Å². The van der Waals surface area contributed by atoms with Gasteiger partial charge in [0.2, 0.25) is 0 Å². The quantitative estimate of drug-likeness (QED) is 0.785. The molecule has 2 N–H and O–H groups in total. The Morgan fingerprint density at radius 1 is 1.35 bits per heavy atom. The summed E-state index contributed by atoms with van der Waals surface area (Å²) in [6.07, 6.45) is 5.40. The third-order valence-electron chi connectivity index (χ3n) is 3.81. The summed E-state index contributed by atoms with van der Waals surface area (Å²) in [4.78, 5) is 15.3. The molecule has 1 heterocycles. The van der Waals surface area contributed by atoms with Gasteiger partial charge in [-0.15, -0.1) is 0 Å². The average molecular weight is 406 g/mol. The van der Waals surface area contributed by atoms with Crippen LogP contribution in [0.15, 0.2) is 21.2 Å². The highest BCUT2D eigenvalue weighted by molar-refractivity contribution is 9.11. The highest BCUT2D eigenvalue weighted by atomic mass is 79.9. The lowest BCUT2D eigenvalue weighted by Crippen LogP contribution is -2.28. The van der Waals surface area contributed by atoms with Gasteiger partial charge in [-0.05, 0) is 76.1 Å². The maximum Gasteiger partial charge on any atom is 0.306 e. The van der Waals surface area contributed by atoms with Gasteiger partial charge in [0.25, 0.3) is 0 Å². The summed E-state index contributed by atoms with van der Waals surface area (Å²) in [6.45, 7) is 1.66. The van der Waals surface area contributed by atoms with Crippen LogP contribution in [0.1, 0.15) is 31.4 Å². The zero-order valence-electron chi connectivity index (χ0n) is 11.1. The van der Waals surface area contributed by atoms with E-state index in [1.165, 1.54) is 0 Å². The van der Waals surface area contributed by atoms with Crippen LogP contribution in [0.3, 0.4) is 0 Å². The van der Waals surface area contributed by atoms with E-state index in [1.807, 2.05) is 6.07 Å². The summed E-state index contributed by atoms with van der Waals surface area (Å²) in [5, 5.41) is 12.4. The molecule has 6 heteroatoms. The lowest BCUT2D eigenvalue weighted by atomic mass is 9.82. The molecule has 0 amide bonds. The van der Waals surface area contributed by atoms with Gasteiger partial charge < -0.3 is 10.4 Å². The summed E-state index contributed by atoms with van der Waals surface area (Å²) < 4.78 is 1.95. The number of hydrogen-bond donors (Lipinski definition) is 2. The maximum atomic E-state index is 10.9. The summed E-state index contributed by atoms with van der Waals surface area (Å²) >= 11 is 6.88. The van der Waals surface area contributed by atoms with Crippen molar-refractivity contribution in [2.24, 2.45) is 11.8 Å². The lowest BCUT2D eigenvalue weighted by molar-refractivity contribution is -0.143. The van der Waals surface area contributed by atoms with Crippen LogP contribution in [0.25, 0.3) is 0 Å². The van der Waals surface area contributed by atoms with E-state index in [0.717, 1.165) is 53.4 Å². The molecular formula is C14H18Br2N2O2. The molecule has 1 aromatic heterocycles. The Labute approximate surface area is 135 Å². The molecule has 0 atom stereocenters. The minimum atomic E-state index is -0.639. The number of carboxylic acids is 1. The number of carbonyl (C=O) groups is 1. The third kappa shape index (κ3) is 4.53. The first-order chi connectivity index (χ1) is 9.56. The Balaban J connectivity index is 1.73. The molecule has 20 heavy (non-hydrogen) atoms. The predicted octanol–water partition coefficient (Wildman–Crippen LogP) is 3.59. The van der Waals surface area contributed by atoms with E-state index in [1.54, 1.807) is 6.20 Å². The molecule has 0 saturated heterocycles. The lowest BCUT2D eigenvalue weighted by Gasteiger charge is -2.26. The molecule has 1 saturated carbocycles. The van der Waals surface area contributed by atoms with Crippen LogP contribution < -0.4 is 5.32 Å². The second-order valence-corrected chi connectivity index (χ2v) is 7.04. The van der Waals surface area contributed by atoms with Crippen molar-refractivity contribution in [2.45, 2.75) is 32.2 Å². The highest BCUT2D eigenvalue weighted by Crippen LogP contribution is 2.28. The van der Waals surface area contributed by atoms with Crippen molar-refractivity contribution >= 4 is 37.8 Å². The molecule has 0 aromatic carbocycles. The minimum Gasteiger partial charge on any atom is -0.481 e. The number of pyridine rings is 1. The standard InChI is InChI=1S/C14H18Br2N2O2/c15-11-5-12(16)13(18-7-11)8-17-6-9-1-3-10(4-2-9)14(19)20/h5,7,9-10,17H,1-4,6,8H2,(H,19,20). The van der Waals surface area contributed by atoms with E-state index < -0.39 is 5.97 Å². The molecule has 0 radical (unpaired) electrons. The van der Waals surface area contributed by atoms with Gasteiger partial charge in [0.15, 0.2) is 0 Å². The first kappa shape index (κ1) is 15.9. The van der Waals surface area contributed by atoms with Crippen molar-refractivity contribution in [3.63, 3.8) is 0 Å². The fourth-order valence-corrected chi connectivity index (χ4v) is 3.71. The number of halogens is 2. The number of nitrogens with zero attached hydrogens (tertiary/aromatic N) is 1. The van der Waals surface area contributed by atoms with Crippen LogP contribution in [0, 0.1) is 11.8 Å². The van der Waals surface area contributed by atoms with Gasteiger partial charge in [-0.1, -0.05) is 0 Å². The van der Waals surface area contributed by atoms with Gasteiger partial charge in [-0.3, -0.25) is 9.78 Å². The Bertz CT molecular complexity index is 474. The molecule has 1 fully saturated rings. The number of aliphatic carboxylic acids is 1. The normalized spacial score (nSPS) is 22.7. The van der Waals surface area contributed by atoms with Crippen molar-refractivity contribution in [3.8, 4) is 0 Å². The second kappa shape index (κ2) is 7.52. The molecule has 2 rings (SSSR count). The van der Waals surface area contributed by atoms with E-state index in [0.29, 0.717) is 5.92 Å². The largest absolute Gasteiger partial charge is 0.481 e. The van der Waals surface area contributed by atoms with Crippen LogP contribution in [0.5, 0.6) is 0 Å². The number of carboxylic acid groups (broad SMARTS) is 1. The van der Waals surface area contributed by atoms with Crippen LogP contribution in [0.2, 0.25) is 0 Å². The molecule has 0 bridgehead atoms. The van der Waals surface area contributed by atoms with Crippen molar-refractivity contribution in [1.82, 2.24) is 10.3 Å². The van der Waals surface area contributed by atoms with Crippen LogP contribution in [0.4, 0.5) is 0 Å². The van der Waals surface area contributed by atoms with Gasteiger partial charge in [0.05, 0.1) is 11.6 Å². The second-order valence-electron chi connectivity index (χ2n) is 5.27. The Morgan fingerprint density at radius 2 is 2.05 bits per heavy atom. The summed E-state index contributed by atoms with van der Waals surface area (Å²) in [5.74, 6) is -0.187. The van der Waals surface area contributed by atoms with Crippen LogP contribution >= 0.6 is 31.9 Å². The Kier molecular flexibility index (Phi) is 5.99. The SMILES string of the molecule is O=C(O)C1CCC(CNCc2ncc(Br)cc2Br)CC1. The van der Waals surface area contributed by atoms with E-state index >= 15 is 0 Å². The van der Waals surface area contributed by atoms with E-state index in [9.17, 15) is 4.79 Å². The highest BCUT2D eigenvalue weighted by Gasteiger charge is 2.25. The molecule has 0 spiro atoms. The van der Waals surface area contributed by atoms with Gasteiger partial charge in [0.1, 0.15) is 0 Å². The topological polar surface area (TPSA) is 62.2 Å². The van der Waals surface area contributed by atoms with Crippen molar-refractivity contribution < 1.29 is 9.90 Å². The third-order valence-corrected chi connectivity index (χ3v) is 4.93. The summed E-state index contributed by atoms with van der Waals surface area (Å²) in [6, 6.07) is 1.99. The molecule has 0 unspecified atom stereocenters. The predicted molar refractivity (Wildman–Crippen MR) is 84.4 cm³/mol. The van der Waals surface area contributed by atoms with Crippen molar-refractivity contribution in [3.05, 3.63) is 26.9 Å². The van der Waals surface area contributed by atoms with E-state index in [2.05, 4.69) is 42.2 Å². The molecule has 1 aliphatic rings. The fraction of sp³-hybridized carbons (Fsp3) is 0.571. The number of rotatable bonds is 5. The van der Waals surface area contributed by atoms with Gasteiger partial charge in [0, 0.05) is 21.7 Å². The first-order valence-corrected chi connectivity index (χ1v) is 8.38. The van der Waals surface area contributed by atoms with Crippen molar-refractivity contribution in [1.29, 1.82) is 0 Å². The monoisotopic (exact) mass is 404 g/mol. The zero-order chi connectivity index (χ0) is 14.5. The Hall–Kier alpha value is -0.460. The molecule has 110 valence electrons. The fourth-order valence-electron chi connectivity index (χ4n) is 2.58. The van der Waals surface area contributed by atoms with Crippen LogP contribution in [-0.2, 0) is 11.3 Å². The first-order valence-electron chi connectivity index (χ1n) is 6.79. The molecule has 0 aliphatic heterocycles. The van der Waals surface area contributed by atoms with Gasteiger partial charge in [-0.25, -0.2) is 0 Å². The number of nitrogens with one attached hydrogen (secondary N) is 1.